The predicted molar refractivity (Wildman–Crippen MR) is 91.0 cm³/mol. The van der Waals surface area contributed by atoms with Crippen LogP contribution < -0.4 is 0 Å². The zero-order chi connectivity index (χ0) is 16.9. The van der Waals surface area contributed by atoms with E-state index in [-0.39, 0.29) is 23.1 Å². The van der Waals surface area contributed by atoms with E-state index in [0.717, 1.165) is 45.3 Å². The fourth-order valence-electron chi connectivity index (χ4n) is 3.58. The highest BCUT2D eigenvalue weighted by Crippen LogP contribution is 2.34. The van der Waals surface area contributed by atoms with Gasteiger partial charge >= 0.3 is 5.97 Å². The number of piperidine rings is 1. The van der Waals surface area contributed by atoms with E-state index in [9.17, 15) is 4.79 Å². The average Bonchev–Trinajstić information content (AvgIpc) is 2.46. The van der Waals surface area contributed by atoms with E-state index < -0.39 is 0 Å². The molecule has 23 heavy (non-hydrogen) atoms. The van der Waals surface area contributed by atoms with Crippen LogP contribution in [-0.4, -0.2) is 48.3 Å². The van der Waals surface area contributed by atoms with Crippen molar-refractivity contribution in [3.8, 4) is 11.8 Å². The lowest BCUT2D eigenvalue weighted by Crippen LogP contribution is -2.42. The van der Waals surface area contributed by atoms with E-state index in [1.54, 1.807) is 0 Å². The first-order valence-electron chi connectivity index (χ1n) is 8.93. The van der Waals surface area contributed by atoms with Gasteiger partial charge < -0.3 is 9.47 Å². The Hall–Kier alpha value is -1.05. The maximum absolute atomic E-state index is 11.7. The molecule has 2 fully saturated rings. The molecule has 1 unspecified atom stereocenters. The Morgan fingerprint density at radius 1 is 1.26 bits per heavy atom. The predicted octanol–water partition coefficient (Wildman–Crippen LogP) is 3.00. The highest BCUT2D eigenvalue weighted by Gasteiger charge is 2.36. The molecule has 4 nitrogen and oxygen atoms in total. The molecule has 0 aromatic heterocycles. The summed E-state index contributed by atoms with van der Waals surface area (Å²) in [5, 5.41) is 0. The van der Waals surface area contributed by atoms with Crippen LogP contribution in [-0.2, 0) is 14.3 Å². The molecule has 4 heteroatoms. The Morgan fingerprint density at radius 2 is 1.96 bits per heavy atom. The Labute approximate surface area is 140 Å². The van der Waals surface area contributed by atoms with Crippen molar-refractivity contribution in [1.29, 1.82) is 0 Å². The first-order valence-corrected chi connectivity index (χ1v) is 8.93. The standard InChI is InChI=1S/C19H31NO3/c1-5-22-17(21)16-8-14-20(15-9-16)13-7-12-19(4)11-6-10-18(2,3)23-19/h16H,5-6,8-11,13-15H2,1-4H3. The summed E-state index contributed by atoms with van der Waals surface area (Å²) in [6.45, 7) is 11.3. The van der Waals surface area contributed by atoms with Gasteiger partial charge in [-0.15, -0.1) is 0 Å². The number of carbonyl (C=O) groups is 1. The molecule has 0 aromatic carbocycles. The summed E-state index contributed by atoms with van der Waals surface area (Å²) in [5.74, 6) is 6.69. The van der Waals surface area contributed by atoms with Crippen molar-refractivity contribution >= 4 is 5.97 Å². The number of hydrogen-bond acceptors (Lipinski definition) is 4. The van der Waals surface area contributed by atoms with Crippen LogP contribution >= 0.6 is 0 Å². The van der Waals surface area contributed by atoms with E-state index >= 15 is 0 Å². The van der Waals surface area contributed by atoms with Crippen LogP contribution in [0.4, 0.5) is 0 Å². The maximum Gasteiger partial charge on any atom is 0.309 e. The summed E-state index contributed by atoms with van der Waals surface area (Å²) < 4.78 is 11.3. The molecular weight excluding hydrogens is 290 g/mol. The molecule has 0 aliphatic carbocycles. The third kappa shape index (κ3) is 5.51. The average molecular weight is 321 g/mol. The quantitative estimate of drug-likeness (QED) is 0.592. The maximum atomic E-state index is 11.7. The summed E-state index contributed by atoms with van der Waals surface area (Å²) >= 11 is 0. The van der Waals surface area contributed by atoms with Gasteiger partial charge in [-0.1, -0.05) is 11.8 Å². The molecule has 2 heterocycles. The van der Waals surface area contributed by atoms with Crippen LogP contribution in [0.1, 0.15) is 59.8 Å². The molecule has 0 N–H and O–H groups in total. The summed E-state index contributed by atoms with van der Waals surface area (Å²) in [6, 6.07) is 0. The van der Waals surface area contributed by atoms with Crippen molar-refractivity contribution in [2.75, 3.05) is 26.2 Å². The minimum atomic E-state index is -0.314. The normalized spacial score (nSPS) is 28.7. The Morgan fingerprint density at radius 3 is 2.57 bits per heavy atom. The van der Waals surface area contributed by atoms with Gasteiger partial charge in [0, 0.05) is 0 Å². The molecule has 0 radical (unpaired) electrons. The second kappa shape index (κ2) is 7.68. The molecule has 2 aliphatic rings. The summed E-state index contributed by atoms with van der Waals surface area (Å²) in [5.41, 5.74) is -0.384. The molecule has 1 atom stereocenters. The van der Waals surface area contributed by atoms with Crippen molar-refractivity contribution in [1.82, 2.24) is 4.90 Å². The molecule has 2 aliphatic heterocycles. The monoisotopic (exact) mass is 321 g/mol. The first-order chi connectivity index (χ1) is 10.8. The number of nitrogens with zero attached hydrogens (tertiary/aromatic N) is 1. The first kappa shape index (κ1) is 18.3. The van der Waals surface area contributed by atoms with Gasteiger partial charge in [0.15, 0.2) is 0 Å². The fraction of sp³-hybridized carbons (Fsp3) is 0.842. The summed E-state index contributed by atoms with van der Waals surface area (Å²) in [4.78, 5) is 14.1. The van der Waals surface area contributed by atoms with Crippen LogP contribution in [0.15, 0.2) is 0 Å². The van der Waals surface area contributed by atoms with Gasteiger partial charge in [0.1, 0.15) is 5.60 Å². The van der Waals surface area contributed by atoms with Gasteiger partial charge in [0.25, 0.3) is 0 Å². The van der Waals surface area contributed by atoms with Crippen molar-refractivity contribution in [3.63, 3.8) is 0 Å². The van der Waals surface area contributed by atoms with Crippen LogP contribution in [0.3, 0.4) is 0 Å². The molecule has 130 valence electrons. The number of esters is 1. The molecule has 0 saturated carbocycles. The van der Waals surface area contributed by atoms with E-state index in [2.05, 4.69) is 37.5 Å². The number of hydrogen-bond donors (Lipinski definition) is 0. The molecule has 0 spiro atoms. The highest BCUT2D eigenvalue weighted by atomic mass is 16.5. The van der Waals surface area contributed by atoms with Crippen molar-refractivity contribution < 1.29 is 14.3 Å². The number of likely N-dealkylation sites (tertiary alicyclic amines) is 1. The molecule has 2 rings (SSSR count). The van der Waals surface area contributed by atoms with E-state index in [0.29, 0.717) is 6.61 Å². The minimum Gasteiger partial charge on any atom is -0.466 e. The Kier molecular flexibility index (Phi) is 6.11. The molecular formula is C19H31NO3. The molecule has 0 aromatic rings. The van der Waals surface area contributed by atoms with Crippen LogP contribution in [0.25, 0.3) is 0 Å². The van der Waals surface area contributed by atoms with Gasteiger partial charge in [0.05, 0.1) is 24.7 Å². The van der Waals surface area contributed by atoms with Crippen molar-refractivity contribution in [3.05, 3.63) is 0 Å². The van der Waals surface area contributed by atoms with Crippen molar-refractivity contribution in [2.24, 2.45) is 5.92 Å². The van der Waals surface area contributed by atoms with Gasteiger partial charge in [-0.3, -0.25) is 9.69 Å². The number of carbonyl (C=O) groups excluding carboxylic acids is 1. The lowest BCUT2D eigenvalue weighted by Gasteiger charge is -2.40. The minimum absolute atomic E-state index is 0.0383. The van der Waals surface area contributed by atoms with Gasteiger partial charge in [-0.05, 0) is 72.9 Å². The largest absolute Gasteiger partial charge is 0.466 e. The lowest BCUT2D eigenvalue weighted by molar-refractivity contribution is -0.149. The van der Waals surface area contributed by atoms with Crippen LogP contribution in [0, 0.1) is 17.8 Å². The molecule has 0 amide bonds. The summed E-state index contributed by atoms with van der Waals surface area (Å²) in [6.07, 6.45) is 5.03. The number of ether oxygens (including phenoxy) is 2. The van der Waals surface area contributed by atoms with Crippen molar-refractivity contribution in [2.45, 2.75) is 71.0 Å². The third-order valence-corrected chi connectivity index (χ3v) is 4.80. The second-order valence-corrected chi connectivity index (χ2v) is 7.55. The van der Waals surface area contributed by atoms with Gasteiger partial charge in [-0.25, -0.2) is 0 Å². The zero-order valence-corrected chi connectivity index (χ0v) is 15.1. The van der Waals surface area contributed by atoms with Gasteiger partial charge in [0.2, 0.25) is 0 Å². The smallest absolute Gasteiger partial charge is 0.309 e. The molecule has 2 saturated heterocycles. The third-order valence-electron chi connectivity index (χ3n) is 4.80. The van der Waals surface area contributed by atoms with Gasteiger partial charge in [-0.2, -0.15) is 0 Å². The molecule has 0 bridgehead atoms. The second-order valence-electron chi connectivity index (χ2n) is 7.55. The lowest BCUT2D eigenvalue weighted by atomic mass is 9.88. The highest BCUT2D eigenvalue weighted by molar-refractivity contribution is 5.72. The van der Waals surface area contributed by atoms with E-state index in [1.807, 2.05) is 6.92 Å². The Balaban J connectivity index is 1.79. The fourth-order valence-corrected chi connectivity index (χ4v) is 3.58. The van der Waals surface area contributed by atoms with Crippen LogP contribution in [0.5, 0.6) is 0 Å². The van der Waals surface area contributed by atoms with E-state index in [4.69, 9.17) is 9.47 Å². The topological polar surface area (TPSA) is 38.8 Å². The zero-order valence-electron chi connectivity index (χ0n) is 15.1. The Bertz CT molecular complexity index is 469. The SMILES string of the molecule is CCOC(=O)C1CCN(CC#CC2(C)CCCC(C)(C)O2)CC1. The summed E-state index contributed by atoms with van der Waals surface area (Å²) in [7, 11) is 0. The number of rotatable bonds is 3. The van der Waals surface area contributed by atoms with Crippen LogP contribution in [0.2, 0.25) is 0 Å². The van der Waals surface area contributed by atoms with E-state index in [1.165, 1.54) is 6.42 Å².